The summed E-state index contributed by atoms with van der Waals surface area (Å²) in [6, 6.07) is 7.11. The average molecular weight is 325 g/mol. The van der Waals surface area contributed by atoms with Gasteiger partial charge in [-0.3, -0.25) is 9.59 Å². The summed E-state index contributed by atoms with van der Waals surface area (Å²) in [6.45, 7) is 1.91. The molecule has 122 valence electrons. The monoisotopic (exact) mass is 325 g/mol. The zero-order chi connectivity index (χ0) is 16.5. The molecule has 0 bridgehead atoms. The van der Waals surface area contributed by atoms with Gasteiger partial charge in [0.1, 0.15) is 5.56 Å². The van der Waals surface area contributed by atoms with Crippen molar-refractivity contribution in [3.05, 3.63) is 58.8 Å². The van der Waals surface area contributed by atoms with Crippen molar-refractivity contribution in [3.8, 4) is 5.82 Å². The number of amides is 1. The van der Waals surface area contributed by atoms with E-state index in [9.17, 15) is 9.59 Å². The summed E-state index contributed by atoms with van der Waals surface area (Å²) in [5.41, 5.74) is 0.0987. The van der Waals surface area contributed by atoms with E-state index in [-0.39, 0.29) is 11.5 Å². The van der Waals surface area contributed by atoms with Crippen LogP contribution < -0.4 is 5.56 Å². The third kappa shape index (κ3) is 2.37. The summed E-state index contributed by atoms with van der Waals surface area (Å²) in [7, 11) is 0. The van der Waals surface area contributed by atoms with Crippen LogP contribution in [-0.4, -0.2) is 56.3 Å². The SMILES string of the molecule is O=C(c1cnc2ccn(-c3ccccn3)n2c1=O)N1CCOCC1. The van der Waals surface area contributed by atoms with Crippen LogP contribution in [0.1, 0.15) is 10.4 Å². The van der Waals surface area contributed by atoms with Gasteiger partial charge < -0.3 is 9.64 Å². The predicted octanol–water partition coefficient (Wildman–Crippen LogP) is 0.353. The maximum atomic E-state index is 12.9. The van der Waals surface area contributed by atoms with Crippen molar-refractivity contribution in [3.63, 3.8) is 0 Å². The van der Waals surface area contributed by atoms with Gasteiger partial charge in [0.2, 0.25) is 0 Å². The molecule has 1 saturated heterocycles. The van der Waals surface area contributed by atoms with Gasteiger partial charge in [0.15, 0.2) is 11.5 Å². The Hall–Kier alpha value is -3.00. The molecule has 24 heavy (non-hydrogen) atoms. The topological polar surface area (TPSA) is 81.7 Å². The molecule has 0 atom stereocenters. The average Bonchev–Trinajstić information content (AvgIpc) is 3.08. The molecule has 0 unspecified atom stereocenters. The summed E-state index contributed by atoms with van der Waals surface area (Å²) in [6.07, 6.45) is 4.69. The number of fused-ring (bicyclic) bond motifs is 1. The first-order valence-corrected chi connectivity index (χ1v) is 7.63. The molecule has 0 spiro atoms. The summed E-state index contributed by atoms with van der Waals surface area (Å²) >= 11 is 0. The van der Waals surface area contributed by atoms with Crippen molar-refractivity contribution < 1.29 is 9.53 Å². The number of nitrogens with zero attached hydrogens (tertiary/aromatic N) is 5. The molecule has 4 rings (SSSR count). The molecule has 4 heterocycles. The second kappa shape index (κ2) is 5.89. The molecule has 0 aliphatic carbocycles. The van der Waals surface area contributed by atoms with E-state index >= 15 is 0 Å². The molecule has 1 amide bonds. The second-order valence-corrected chi connectivity index (χ2v) is 5.40. The van der Waals surface area contributed by atoms with Crippen molar-refractivity contribution in [2.24, 2.45) is 0 Å². The molecule has 0 aromatic carbocycles. The van der Waals surface area contributed by atoms with E-state index in [2.05, 4.69) is 9.97 Å². The second-order valence-electron chi connectivity index (χ2n) is 5.40. The Morgan fingerprint density at radius 2 is 1.96 bits per heavy atom. The van der Waals surface area contributed by atoms with Crippen molar-refractivity contribution in [2.75, 3.05) is 26.3 Å². The number of ether oxygens (including phenoxy) is 1. The summed E-state index contributed by atoms with van der Waals surface area (Å²) in [5, 5.41) is 0. The smallest absolute Gasteiger partial charge is 0.286 e. The van der Waals surface area contributed by atoms with Gasteiger partial charge in [-0.2, -0.15) is 4.52 Å². The lowest BCUT2D eigenvalue weighted by Gasteiger charge is -2.26. The van der Waals surface area contributed by atoms with Crippen molar-refractivity contribution in [2.45, 2.75) is 0 Å². The van der Waals surface area contributed by atoms with Gasteiger partial charge in [-0.1, -0.05) is 6.07 Å². The lowest BCUT2D eigenvalue weighted by atomic mass is 10.2. The number of pyridine rings is 1. The van der Waals surface area contributed by atoms with Gasteiger partial charge in [0.05, 0.1) is 13.2 Å². The minimum Gasteiger partial charge on any atom is -0.378 e. The van der Waals surface area contributed by atoms with E-state index in [1.165, 1.54) is 10.7 Å². The minimum absolute atomic E-state index is 0.0466. The molecule has 0 radical (unpaired) electrons. The van der Waals surface area contributed by atoms with E-state index in [0.717, 1.165) is 0 Å². The number of hydrogen-bond donors (Lipinski definition) is 0. The van der Waals surface area contributed by atoms with Gasteiger partial charge >= 0.3 is 0 Å². The zero-order valence-corrected chi connectivity index (χ0v) is 12.8. The third-order valence-corrected chi connectivity index (χ3v) is 3.96. The highest BCUT2D eigenvalue weighted by Crippen LogP contribution is 2.08. The fraction of sp³-hybridized carbons (Fsp3) is 0.250. The van der Waals surface area contributed by atoms with Gasteiger partial charge in [0.25, 0.3) is 11.5 Å². The van der Waals surface area contributed by atoms with Crippen LogP contribution >= 0.6 is 0 Å². The fourth-order valence-electron chi connectivity index (χ4n) is 2.74. The zero-order valence-electron chi connectivity index (χ0n) is 12.8. The first kappa shape index (κ1) is 14.6. The summed E-state index contributed by atoms with van der Waals surface area (Å²) in [4.78, 5) is 35.6. The number of carbonyl (C=O) groups excluding carboxylic acids is 1. The number of carbonyl (C=O) groups is 1. The Kier molecular flexibility index (Phi) is 3.58. The summed E-state index contributed by atoms with van der Waals surface area (Å²) < 4.78 is 8.19. The van der Waals surface area contributed by atoms with Gasteiger partial charge in [0, 0.05) is 37.7 Å². The highest BCUT2D eigenvalue weighted by Gasteiger charge is 2.23. The standard InChI is InChI=1S/C16H15N5O3/c22-15(19-7-9-24-10-8-19)12-11-18-14-4-6-20(21(14)16(12)23)13-3-1-2-5-17-13/h1-6,11H,7-10H2. The van der Waals surface area contributed by atoms with E-state index in [1.54, 1.807) is 40.2 Å². The van der Waals surface area contributed by atoms with Crippen molar-refractivity contribution in [1.29, 1.82) is 0 Å². The van der Waals surface area contributed by atoms with E-state index in [4.69, 9.17) is 4.74 Å². The van der Waals surface area contributed by atoms with Crippen molar-refractivity contribution >= 4 is 11.6 Å². The maximum absolute atomic E-state index is 12.9. The largest absolute Gasteiger partial charge is 0.378 e. The maximum Gasteiger partial charge on any atom is 0.286 e. The Morgan fingerprint density at radius 3 is 2.71 bits per heavy atom. The number of hydrogen-bond acceptors (Lipinski definition) is 5. The lowest BCUT2D eigenvalue weighted by molar-refractivity contribution is 0.0301. The number of rotatable bonds is 2. The normalized spacial score (nSPS) is 14.9. The first-order chi connectivity index (χ1) is 11.8. The molecule has 0 saturated carbocycles. The third-order valence-electron chi connectivity index (χ3n) is 3.96. The highest BCUT2D eigenvalue weighted by atomic mass is 16.5. The quantitative estimate of drug-likeness (QED) is 0.679. The molecule has 1 aliphatic rings. The van der Waals surface area contributed by atoms with Gasteiger partial charge in [-0.25, -0.2) is 14.6 Å². The Bertz CT molecular complexity index is 941. The van der Waals surface area contributed by atoms with Crippen molar-refractivity contribution in [1.82, 2.24) is 24.1 Å². The van der Waals surface area contributed by atoms with E-state index < -0.39 is 5.56 Å². The number of aromatic nitrogens is 4. The minimum atomic E-state index is -0.410. The van der Waals surface area contributed by atoms with Crippen LogP contribution in [0.5, 0.6) is 0 Å². The Balaban J connectivity index is 1.83. The Morgan fingerprint density at radius 1 is 1.12 bits per heavy atom. The van der Waals surface area contributed by atoms with Crippen LogP contribution in [0.2, 0.25) is 0 Å². The predicted molar refractivity (Wildman–Crippen MR) is 85.3 cm³/mol. The molecule has 1 fully saturated rings. The van der Waals surface area contributed by atoms with Crippen LogP contribution in [0.3, 0.4) is 0 Å². The molecule has 8 nitrogen and oxygen atoms in total. The molecule has 1 aliphatic heterocycles. The van der Waals surface area contributed by atoms with Gasteiger partial charge in [-0.15, -0.1) is 0 Å². The lowest BCUT2D eigenvalue weighted by Crippen LogP contribution is -2.43. The van der Waals surface area contributed by atoms with Crippen LogP contribution in [-0.2, 0) is 4.74 Å². The Labute approximate surface area is 136 Å². The van der Waals surface area contributed by atoms with Crippen LogP contribution in [0.4, 0.5) is 0 Å². The highest BCUT2D eigenvalue weighted by molar-refractivity contribution is 5.93. The van der Waals surface area contributed by atoms with E-state index in [1.807, 2.05) is 6.07 Å². The molecule has 3 aromatic rings. The molecular formula is C16H15N5O3. The molecular weight excluding hydrogens is 310 g/mol. The van der Waals surface area contributed by atoms with Gasteiger partial charge in [-0.05, 0) is 12.1 Å². The first-order valence-electron chi connectivity index (χ1n) is 7.63. The van der Waals surface area contributed by atoms with E-state index in [0.29, 0.717) is 37.8 Å². The summed E-state index contributed by atoms with van der Waals surface area (Å²) in [5.74, 6) is 0.256. The molecule has 3 aromatic heterocycles. The molecule has 8 heteroatoms. The van der Waals surface area contributed by atoms with Crippen LogP contribution in [0.25, 0.3) is 11.5 Å². The number of morpholine rings is 1. The molecule has 0 N–H and O–H groups in total. The fourth-order valence-corrected chi connectivity index (χ4v) is 2.74. The van der Waals surface area contributed by atoms with Crippen LogP contribution in [0, 0.1) is 0 Å². The van der Waals surface area contributed by atoms with Crippen LogP contribution in [0.15, 0.2) is 47.7 Å².